The lowest BCUT2D eigenvalue weighted by Crippen LogP contribution is -2.10. The molecule has 0 aliphatic carbocycles. The zero-order chi connectivity index (χ0) is 12.5. The zero-order valence-corrected chi connectivity index (χ0v) is 11.3. The number of benzene rings is 1. The molecule has 90 valence electrons. The number of carbonyl (C=O) groups excluding carboxylic acids is 1. The van der Waals surface area contributed by atoms with Gasteiger partial charge in [-0.25, -0.2) is 4.98 Å². The standard InChI is InChI=1S/C13H10N2OS2/c1-8-6-7-17-11(8)12(16)15-13-14-9-4-2-3-5-10(9)18-13/h2-7H,1H3,(H,14,15,16). The Balaban J connectivity index is 1.88. The molecule has 2 aromatic heterocycles. The molecule has 2 heterocycles. The van der Waals surface area contributed by atoms with Crippen LogP contribution in [0.5, 0.6) is 0 Å². The molecule has 1 amide bonds. The largest absolute Gasteiger partial charge is 0.297 e. The van der Waals surface area contributed by atoms with Crippen molar-refractivity contribution in [3.8, 4) is 0 Å². The molecule has 0 fully saturated rings. The number of nitrogens with zero attached hydrogens (tertiary/aromatic N) is 1. The average molecular weight is 274 g/mol. The first kappa shape index (κ1) is 11.4. The summed E-state index contributed by atoms with van der Waals surface area (Å²) in [6.07, 6.45) is 0. The van der Waals surface area contributed by atoms with Gasteiger partial charge in [-0.1, -0.05) is 23.5 Å². The van der Waals surface area contributed by atoms with Gasteiger partial charge >= 0.3 is 0 Å². The van der Waals surface area contributed by atoms with Crippen molar-refractivity contribution in [3.63, 3.8) is 0 Å². The van der Waals surface area contributed by atoms with Crippen LogP contribution in [0.4, 0.5) is 5.13 Å². The molecule has 0 atom stereocenters. The fourth-order valence-corrected chi connectivity index (χ4v) is 3.37. The third-order valence-electron chi connectivity index (χ3n) is 2.58. The number of para-hydroxylation sites is 1. The number of aromatic nitrogens is 1. The fourth-order valence-electron chi connectivity index (χ4n) is 1.68. The second-order valence-corrected chi connectivity index (χ2v) is 5.82. The molecule has 0 saturated heterocycles. The van der Waals surface area contributed by atoms with E-state index in [-0.39, 0.29) is 5.91 Å². The maximum atomic E-state index is 12.0. The predicted molar refractivity (Wildman–Crippen MR) is 76.6 cm³/mol. The van der Waals surface area contributed by atoms with Gasteiger partial charge in [0.2, 0.25) is 0 Å². The lowest BCUT2D eigenvalue weighted by molar-refractivity contribution is 0.103. The molecule has 1 aromatic carbocycles. The highest BCUT2D eigenvalue weighted by atomic mass is 32.1. The molecule has 0 unspecified atom stereocenters. The van der Waals surface area contributed by atoms with Crippen LogP contribution in [0.3, 0.4) is 0 Å². The number of hydrogen-bond donors (Lipinski definition) is 1. The molecule has 0 saturated carbocycles. The molecule has 3 aromatic rings. The van der Waals surface area contributed by atoms with Crippen LogP contribution in [-0.4, -0.2) is 10.9 Å². The molecule has 0 aliphatic rings. The Morgan fingerprint density at radius 2 is 2.11 bits per heavy atom. The highest BCUT2D eigenvalue weighted by Gasteiger charge is 2.12. The Hall–Kier alpha value is -1.72. The van der Waals surface area contributed by atoms with Crippen LogP contribution < -0.4 is 5.32 Å². The van der Waals surface area contributed by atoms with Crippen LogP contribution >= 0.6 is 22.7 Å². The Kier molecular flexibility index (Phi) is 2.85. The van der Waals surface area contributed by atoms with E-state index in [9.17, 15) is 4.79 Å². The van der Waals surface area contributed by atoms with Crippen LogP contribution in [0.1, 0.15) is 15.2 Å². The van der Waals surface area contributed by atoms with Crippen molar-refractivity contribution in [1.29, 1.82) is 0 Å². The average Bonchev–Trinajstić information content (AvgIpc) is 2.94. The predicted octanol–water partition coefficient (Wildman–Crippen LogP) is 3.92. The second-order valence-electron chi connectivity index (χ2n) is 3.87. The first-order valence-electron chi connectivity index (χ1n) is 5.45. The van der Waals surface area contributed by atoms with Crippen molar-refractivity contribution < 1.29 is 4.79 Å². The molecule has 1 N–H and O–H groups in total. The molecule has 0 aliphatic heterocycles. The number of amides is 1. The Bertz CT molecular complexity index is 681. The van der Waals surface area contributed by atoms with E-state index in [4.69, 9.17) is 0 Å². The molecule has 18 heavy (non-hydrogen) atoms. The van der Waals surface area contributed by atoms with Gasteiger partial charge in [0, 0.05) is 0 Å². The highest BCUT2D eigenvalue weighted by Crippen LogP contribution is 2.26. The van der Waals surface area contributed by atoms with Crippen molar-refractivity contribution in [3.05, 3.63) is 46.2 Å². The van der Waals surface area contributed by atoms with Crippen LogP contribution in [0.25, 0.3) is 10.2 Å². The van der Waals surface area contributed by atoms with Crippen LogP contribution in [0.15, 0.2) is 35.7 Å². The van der Waals surface area contributed by atoms with Crippen molar-refractivity contribution in [2.24, 2.45) is 0 Å². The van der Waals surface area contributed by atoms with E-state index >= 15 is 0 Å². The number of thiazole rings is 1. The molecule has 3 nitrogen and oxygen atoms in total. The number of hydrogen-bond acceptors (Lipinski definition) is 4. The SMILES string of the molecule is Cc1ccsc1C(=O)Nc1nc2ccccc2s1. The monoisotopic (exact) mass is 274 g/mol. The summed E-state index contributed by atoms with van der Waals surface area (Å²) in [5.41, 5.74) is 1.92. The van der Waals surface area contributed by atoms with E-state index in [1.807, 2.05) is 42.6 Å². The summed E-state index contributed by atoms with van der Waals surface area (Å²) < 4.78 is 1.08. The van der Waals surface area contributed by atoms with E-state index in [0.29, 0.717) is 5.13 Å². The van der Waals surface area contributed by atoms with Crippen molar-refractivity contribution in [1.82, 2.24) is 4.98 Å². The smallest absolute Gasteiger partial charge is 0.267 e. The van der Waals surface area contributed by atoms with Gasteiger partial charge in [0.05, 0.1) is 15.1 Å². The summed E-state index contributed by atoms with van der Waals surface area (Å²) in [7, 11) is 0. The lowest BCUT2D eigenvalue weighted by atomic mass is 10.3. The Labute approximate surface area is 112 Å². The Morgan fingerprint density at radius 3 is 2.83 bits per heavy atom. The summed E-state index contributed by atoms with van der Waals surface area (Å²) >= 11 is 2.94. The highest BCUT2D eigenvalue weighted by molar-refractivity contribution is 7.22. The van der Waals surface area contributed by atoms with Gasteiger partial charge in [-0.3, -0.25) is 10.1 Å². The molecular formula is C13H10N2OS2. The minimum absolute atomic E-state index is 0.0819. The van der Waals surface area contributed by atoms with Crippen LogP contribution in [-0.2, 0) is 0 Å². The van der Waals surface area contributed by atoms with Gasteiger partial charge in [-0.2, -0.15) is 0 Å². The number of aryl methyl sites for hydroxylation is 1. The fraction of sp³-hybridized carbons (Fsp3) is 0.0769. The van der Waals surface area contributed by atoms with Crippen molar-refractivity contribution in [2.75, 3.05) is 5.32 Å². The molecule has 3 rings (SSSR count). The molecule has 0 bridgehead atoms. The summed E-state index contributed by atoms with van der Waals surface area (Å²) in [5.74, 6) is -0.0819. The summed E-state index contributed by atoms with van der Waals surface area (Å²) in [6, 6.07) is 9.79. The molecular weight excluding hydrogens is 264 g/mol. The number of nitrogens with one attached hydrogen (secondary N) is 1. The maximum Gasteiger partial charge on any atom is 0.267 e. The maximum absolute atomic E-state index is 12.0. The minimum atomic E-state index is -0.0819. The third-order valence-corrected chi connectivity index (χ3v) is 4.55. The number of carbonyl (C=O) groups is 1. The number of rotatable bonds is 2. The first-order valence-corrected chi connectivity index (χ1v) is 7.14. The first-order chi connectivity index (χ1) is 8.74. The van der Waals surface area contributed by atoms with E-state index in [1.165, 1.54) is 22.7 Å². The van der Waals surface area contributed by atoms with Gasteiger partial charge < -0.3 is 0 Å². The topological polar surface area (TPSA) is 42.0 Å². The summed E-state index contributed by atoms with van der Waals surface area (Å²) in [5, 5.41) is 5.42. The summed E-state index contributed by atoms with van der Waals surface area (Å²) in [6.45, 7) is 1.93. The second kappa shape index (κ2) is 4.51. The zero-order valence-electron chi connectivity index (χ0n) is 9.64. The van der Waals surface area contributed by atoms with Gasteiger partial charge in [0.25, 0.3) is 5.91 Å². The number of fused-ring (bicyclic) bond motifs is 1. The van der Waals surface area contributed by atoms with E-state index in [0.717, 1.165) is 20.7 Å². The van der Waals surface area contributed by atoms with Crippen LogP contribution in [0, 0.1) is 6.92 Å². The van der Waals surface area contributed by atoms with E-state index in [2.05, 4.69) is 10.3 Å². The quantitative estimate of drug-likeness (QED) is 0.769. The number of thiophene rings is 1. The molecule has 0 spiro atoms. The molecule has 5 heteroatoms. The van der Waals surface area contributed by atoms with Gasteiger partial charge in [0.15, 0.2) is 5.13 Å². The number of anilines is 1. The summed E-state index contributed by atoms with van der Waals surface area (Å²) in [4.78, 5) is 17.2. The minimum Gasteiger partial charge on any atom is -0.297 e. The molecule has 0 radical (unpaired) electrons. The normalized spacial score (nSPS) is 10.7. The van der Waals surface area contributed by atoms with E-state index < -0.39 is 0 Å². The van der Waals surface area contributed by atoms with Gasteiger partial charge in [-0.05, 0) is 36.1 Å². The van der Waals surface area contributed by atoms with Crippen molar-refractivity contribution >= 4 is 43.9 Å². The lowest BCUT2D eigenvalue weighted by Gasteiger charge is -1.99. The van der Waals surface area contributed by atoms with Crippen LogP contribution in [0.2, 0.25) is 0 Å². The van der Waals surface area contributed by atoms with Crippen molar-refractivity contribution in [2.45, 2.75) is 6.92 Å². The third kappa shape index (κ3) is 2.02. The Morgan fingerprint density at radius 1 is 1.28 bits per heavy atom. The van der Waals surface area contributed by atoms with Gasteiger partial charge in [0.1, 0.15) is 0 Å². The van der Waals surface area contributed by atoms with E-state index in [1.54, 1.807) is 0 Å². The van der Waals surface area contributed by atoms with Gasteiger partial charge in [-0.15, -0.1) is 11.3 Å².